The first-order chi connectivity index (χ1) is 11.7. The van der Waals surface area contributed by atoms with Crippen LogP contribution >= 0.6 is 23.8 Å². The summed E-state index contributed by atoms with van der Waals surface area (Å²) in [6.07, 6.45) is -4.00. The van der Waals surface area contributed by atoms with Crippen LogP contribution in [0.3, 0.4) is 0 Å². The highest BCUT2D eigenvalue weighted by Gasteiger charge is 2.38. The SMILES string of the molecule is Cc1ccccc1NC(=S)NCCCn1nc(C(F)(F)F)c(Cl)c1C. The molecule has 0 aliphatic carbocycles. The predicted octanol–water partition coefficient (Wildman–Crippen LogP) is 4.55. The molecule has 0 bridgehead atoms. The maximum absolute atomic E-state index is 12.8. The number of hydrogen-bond donors (Lipinski definition) is 2. The van der Waals surface area contributed by atoms with E-state index in [1.54, 1.807) is 0 Å². The van der Waals surface area contributed by atoms with Gasteiger partial charge in [-0.1, -0.05) is 29.8 Å². The van der Waals surface area contributed by atoms with Gasteiger partial charge in [0.15, 0.2) is 10.8 Å². The fourth-order valence-corrected chi connectivity index (χ4v) is 2.69. The second kappa shape index (κ2) is 8.05. The highest BCUT2D eigenvalue weighted by atomic mass is 35.5. The number of anilines is 1. The van der Waals surface area contributed by atoms with Crippen molar-refractivity contribution in [1.29, 1.82) is 0 Å². The maximum Gasteiger partial charge on any atom is 0.436 e. The van der Waals surface area contributed by atoms with E-state index in [4.69, 9.17) is 23.8 Å². The van der Waals surface area contributed by atoms with Gasteiger partial charge in [0.2, 0.25) is 0 Å². The number of aryl methyl sites for hydroxylation is 2. The molecule has 0 atom stereocenters. The van der Waals surface area contributed by atoms with Crippen molar-refractivity contribution in [1.82, 2.24) is 15.1 Å². The normalized spacial score (nSPS) is 11.4. The number of nitrogens with zero attached hydrogens (tertiary/aromatic N) is 2. The Morgan fingerprint density at radius 2 is 1.96 bits per heavy atom. The Morgan fingerprint density at radius 1 is 1.28 bits per heavy atom. The molecule has 0 amide bonds. The number of aromatic nitrogens is 2. The first kappa shape index (κ1) is 19.5. The van der Waals surface area contributed by atoms with E-state index in [0.29, 0.717) is 30.3 Å². The fraction of sp³-hybridized carbons (Fsp3) is 0.375. The molecule has 2 N–H and O–H groups in total. The zero-order chi connectivity index (χ0) is 18.6. The fourth-order valence-electron chi connectivity index (χ4n) is 2.23. The summed E-state index contributed by atoms with van der Waals surface area (Å²) >= 11 is 10.9. The van der Waals surface area contributed by atoms with Crippen LogP contribution in [-0.2, 0) is 12.7 Å². The summed E-state index contributed by atoms with van der Waals surface area (Å²) in [5, 5.41) is 9.77. The number of rotatable bonds is 5. The summed E-state index contributed by atoms with van der Waals surface area (Å²) in [6, 6.07) is 7.72. The van der Waals surface area contributed by atoms with E-state index in [9.17, 15) is 13.2 Å². The first-order valence-corrected chi connectivity index (χ1v) is 8.39. The highest BCUT2D eigenvalue weighted by Crippen LogP contribution is 2.35. The van der Waals surface area contributed by atoms with Gasteiger partial charge in [0.05, 0.1) is 10.7 Å². The molecule has 4 nitrogen and oxygen atoms in total. The third kappa shape index (κ3) is 5.09. The largest absolute Gasteiger partial charge is 0.436 e. The minimum absolute atomic E-state index is 0.301. The Hall–Kier alpha value is -1.80. The Labute approximate surface area is 154 Å². The lowest BCUT2D eigenvalue weighted by molar-refractivity contribution is -0.141. The molecule has 0 spiro atoms. The molecule has 1 heterocycles. The van der Waals surface area contributed by atoms with E-state index in [2.05, 4.69) is 15.7 Å². The smallest absolute Gasteiger partial charge is 0.362 e. The van der Waals surface area contributed by atoms with Gasteiger partial charge in [-0.05, 0) is 44.1 Å². The third-order valence-electron chi connectivity index (χ3n) is 3.63. The van der Waals surface area contributed by atoms with E-state index in [-0.39, 0.29) is 5.02 Å². The van der Waals surface area contributed by atoms with Crippen LogP contribution in [0.15, 0.2) is 24.3 Å². The van der Waals surface area contributed by atoms with Gasteiger partial charge < -0.3 is 10.6 Å². The second-order valence-electron chi connectivity index (χ2n) is 5.52. The van der Waals surface area contributed by atoms with Crippen molar-refractivity contribution in [3.8, 4) is 0 Å². The van der Waals surface area contributed by atoms with Crippen molar-refractivity contribution < 1.29 is 13.2 Å². The molecule has 2 aromatic rings. The van der Waals surface area contributed by atoms with E-state index in [0.717, 1.165) is 11.3 Å². The van der Waals surface area contributed by atoms with Crippen LogP contribution in [0.2, 0.25) is 5.02 Å². The van der Waals surface area contributed by atoms with Gasteiger partial charge in [-0.3, -0.25) is 4.68 Å². The maximum atomic E-state index is 12.8. The van der Waals surface area contributed by atoms with Crippen LogP contribution in [0.4, 0.5) is 18.9 Å². The number of halogens is 4. The van der Waals surface area contributed by atoms with Crippen LogP contribution in [0, 0.1) is 13.8 Å². The van der Waals surface area contributed by atoms with E-state index < -0.39 is 11.9 Å². The molecular formula is C16H18ClF3N4S. The monoisotopic (exact) mass is 390 g/mol. The molecule has 0 saturated carbocycles. The van der Waals surface area contributed by atoms with Crippen LogP contribution in [0.25, 0.3) is 0 Å². The van der Waals surface area contributed by atoms with Gasteiger partial charge in [0, 0.05) is 18.8 Å². The molecule has 0 unspecified atom stereocenters. The van der Waals surface area contributed by atoms with Gasteiger partial charge >= 0.3 is 6.18 Å². The van der Waals surface area contributed by atoms with Crippen molar-refractivity contribution in [2.75, 3.05) is 11.9 Å². The van der Waals surface area contributed by atoms with Gasteiger partial charge in [-0.15, -0.1) is 0 Å². The minimum Gasteiger partial charge on any atom is -0.362 e. The molecule has 0 aliphatic rings. The lowest BCUT2D eigenvalue weighted by Gasteiger charge is -2.12. The molecule has 25 heavy (non-hydrogen) atoms. The van der Waals surface area contributed by atoms with Crippen LogP contribution in [0.1, 0.15) is 23.4 Å². The average Bonchev–Trinajstić information content (AvgIpc) is 2.82. The zero-order valence-electron chi connectivity index (χ0n) is 13.7. The van der Waals surface area contributed by atoms with E-state index in [1.807, 2.05) is 31.2 Å². The van der Waals surface area contributed by atoms with Gasteiger partial charge in [0.25, 0.3) is 0 Å². The average molecular weight is 391 g/mol. The van der Waals surface area contributed by atoms with Crippen LogP contribution < -0.4 is 10.6 Å². The summed E-state index contributed by atoms with van der Waals surface area (Å²) in [6.45, 7) is 4.29. The molecule has 1 aromatic heterocycles. The predicted molar refractivity (Wildman–Crippen MR) is 97.0 cm³/mol. The summed E-state index contributed by atoms with van der Waals surface area (Å²) in [7, 11) is 0. The van der Waals surface area contributed by atoms with Gasteiger partial charge in [-0.25, -0.2) is 0 Å². The van der Waals surface area contributed by atoms with E-state index in [1.165, 1.54) is 11.6 Å². The molecule has 0 aliphatic heterocycles. The number of benzene rings is 1. The number of thiocarbonyl (C=S) groups is 1. The van der Waals surface area contributed by atoms with Gasteiger partial charge in [0.1, 0.15) is 0 Å². The summed E-state index contributed by atoms with van der Waals surface area (Å²) in [5.74, 6) is 0. The minimum atomic E-state index is -4.55. The molecule has 136 valence electrons. The Kier molecular flexibility index (Phi) is 6.29. The summed E-state index contributed by atoms with van der Waals surface area (Å²) < 4.78 is 39.6. The molecule has 0 radical (unpaired) electrons. The summed E-state index contributed by atoms with van der Waals surface area (Å²) in [4.78, 5) is 0. The van der Waals surface area contributed by atoms with Crippen molar-refractivity contribution in [2.24, 2.45) is 0 Å². The molecule has 9 heteroatoms. The lowest BCUT2D eigenvalue weighted by Crippen LogP contribution is -2.30. The summed E-state index contributed by atoms with van der Waals surface area (Å²) in [5.41, 5.74) is 1.23. The van der Waals surface area contributed by atoms with Crippen molar-refractivity contribution in [3.05, 3.63) is 46.2 Å². The van der Waals surface area contributed by atoms with E-state index >= 15 is 0 Å². The second-order valence-corrected chi connectivity index (χ2v) is 6.30. The van der Waals surface area contributed by atoms with Crippen molar-refractivity contribution in [2.45, 2.75) is 33.0 Å². The lowest BCUT2D eigenvalue weighted by atomic mass is 10.2. The topological polar surface area (TPSA) is 41.9 Å². The number of hydrogen-bond acceptors (Lipinski definition) is 2. The quantitative estimate of drug-likeness (QED) is 0.580. The van der Waals surface area contributed by atoms with Crippen LogP contribution in [0.5, 0.6) is 0 Å². The van der Waals surface area contributed by atoms with Gasteiger partial charge in [-0.2, -0.15) is 18.3 Å². The third-order valence-corrected chi connectivity index (χ3v) is 4.33. The van der Waals surface area contributed by atoms with Crippen molar-refractivity contribution in [3.63, 3.8) is 0 Å². The number of alkyl halides is 3. The molecular weight excluding hydrogens is 373 g/mol. The first-order valence-electron chi connectivity index (χ1n) is 7.60. The number of nitrogens with one attached hydrogen (secondary N) is 2. The van der Waals surface area contributed by atoms with Crippen molar-refractivity contribution >= 4 is 34.6 Å². The molecule has 0 saturated heterocycles. The molecule has 0 fully saturated rings. The Bertz CT molecular complexity index is 758. The Morgan fingerprint density at radius 3 is 2.56 bits per heavy atom. The Balaban J connectivity index is 1.84. The van der Waals surface area contributed by atoms with Crippen LogP contribution in [-0.4, -0.2) is 21.4 Å². The standard InChI is InChI=1S/C16H18ClF3N4S/c1-10-6-3-4-7-12(10)22-15(25)21-8-5-9-24-11(2)13(17)14(23-24)16(18,19)20/h3-4,6-7H,5,8-9H2,1-2H3,(H2,21,22,25). The number of para-hydroxylation sites is 1. The molecule has 2 rings (SSSR count). The highest BCUT2D eigenvalue weighted by molar-refractivity contribution is 7.80. The molecule has 1 aromatic carbocycles. The zero-order valence-corrected chi connectivity index (χ0v) is 15.3.